The van der Waals surface area contributed by atoms with E-state index in [0.29, 0.717) is 43.4 Å². The zero-order chi connectivity index (χ0) is 21.3. The summed E-state index contributed by atoms with van der Waals surface area (Å²) in [5.41, 5.74) is 9.47. The number of pyridine rings is 1. The van der Waals surface area contributed by atoms with E-state index >= 15 is 0 Å². The maximum absolute atomic E-state index is 12.9. The van der Waals surface area contributed by atoms with Gasteiger partial charge in [-0.25, -0.2) is 4.98 Å². The zero-order valence-corrected chi connectivity index (χ0v) is 17.5. The van der Waals surface area contributed by atoms with Crippen LogP contribution in [0.4, 0.5) is 11.5 Å². The van der Waals surface area contributed by atoms with Crippen LogP contribution >= 0.6 is 0 Å². The van der Waals surface area contributed by atoms with Crippen LogP contribution in [0.3, 0.4) is 0 Å². The molecule has 7 heteroatoms. The molecular weight excluding hydrogens is 380 g/mol. The number of nitrogen functional groups attached to an aromatic ring is 1. The predicted octanol–water partition coefficient (Wildman–Crippen LogP) is 3.11. The van der Waals surface area contributed by atoms with Crippen molar-refractivity contribution in [2.75, 3.05) is 51.0 Å². The van der Waals surface area contributed by atoms with Gasteiger partial charge in [-0.15, -0.1) is 0 Å². The molecule has 0 bridgehead atoms. The topological polar surface area (TPSA) is 80.9 Å². The van der Waals surface area contributed by atoms with Crippen molar-refractivity contribution in [3.63, 3.8) is 0 Å². The number of benzene rings is 2. The third-order valence-electron chi connectivity index (χ3n) is 5.60. The van der Waals surface area contributed by atoms with Gasteiger partial charge in [0.1, 0.15) is 5.82 Å². The fourth-order valence-electron chi connectivity index (χ4n) is 3.85. The van der Waals surface area contributed by atoms with Crippen LogP contribution in [0.15, 0.2) is 42.5 Å². The fraction of sp³-hybridized carbons (Fsp3) is 0.304. The Bertz CT molecular complexity index is 1090. The van der Waals surface area contributed by atoms with Gasteiger partial charge in [-0.3, -0.25) is 4.79 Å². The van der Waals surface area contributed by atoms with E-state index in [0.717, 1.165) is 27.8 Å². The van der Waals surface area contributed by atoms with E-state index in [1.54, 1.807) is 14.2 Å². The molecule has 2 N–H and O–H groups in total. The van der Waals surface area contributed by atoms with E-state index in [1.807, 2.05) is 54.3 Å². The molecule has 1 amide bonds. The SMILES string of the molecule is COc1cc2nc(N3CCN(C(=O)c4ccccc4C)CC3)cc(N)c2cc1OC. The third-order valence-corrected chi connectivity index (χ3v) is 5.60. The molecule has 1 saturated heterocycles. The van der Waals surface area contributed by atoms with Crippen molar-refractivity contribution in [1.82, 2.24) is 9.88 Å². The summed E-state index contributed by atoms with van der Waals surface area (Å²) in [5, 5.41) is 0.824. The predicted molar refractivity (Wildman–Crippen MR) is 119 cm³/mol. The van der Waals surface area contributed by atoms with Crippen LogP contribution in [0.5, 0.6) is 11.5 Å². The van der Waals surface area contributed by atoms with E-state index in [2.05, 4.69) is 4.90 Å². The molecule has 0 spiro atoms. The van der Waals surface area contributed by atoms with Crippen molar-refractivity contribution >= 4 is 28.3 Å². The summed E-state index contributed by atoms with van der Waals surface area (Å²) < 4.78 is 10.8. The number of methoxy groups -OCH3 is 2. The number of amides is 1. The summed E-state index contributed by atoms with van der Waals surface area (Å²) in [6, 6.07) is 13.3. The molecule has 30 heavy (non-hydrogen) atoms. The lowest BCUT2D eigenvalue weighted by Gasteiger charge is -2.36. The lowest BCUT2D eigenvalue weighted by molar-refractivity contribution is 0.0746. The maximum atomic E-state index is 12.9. The highest BCUT2D eigenvalue weighted by atomic mass is 16.5. The molecule has 0 unspecified atom stereocenters. The number of carbonyl (C=O) groups excluding carboxylic acids is 1. The number of carbonyl (C=O) groups is 1. The quantitative estimate of drug-likeness (QED) is 0.717. The summed E-state index contributed by atoms with van der Waals surface area (Å²) in [6.45, 7) is 4.64. The van der Waals surface area contributed by atoms with Gasteiger partial charge in [0.05, 0.1) is 19.7 Å². The number of nitrogens with two attached hydrogens (primary N) is 1. The largest absolute Gasteiger partial charge is 0.493 e. The molecule has 1 aliphatic rings. The van der Waals surface area contributed by atoms with Gasteiger partial charge < -0.3 is 25.0 Å². The summed E-state index contributed by atoms with van der Waals surface area (Å²) >= 11 is 0. The van der Waals surface area contributed by atoms with Crippen LogP contribution in [0.2, 0.25) is 0 Å². The molecule has 2 aromatic carbocycles. The Kier molecular flexibility index (Phi) is 5.35. The second-order valence-electron chi connectivity index (χ2n) is 7.39. The Balaban J connectivity index is 1.54. The number of rotatable bonds is 4. The number of hydrogen-bond acceptors (Lipinski definition) is 6. The first-order valence-electron chi connectivity index (χ1n) is 9.94. The molecule has 0 aliphatic carbocycles. The Morgan fingerprint density at radius 2 is 1.67 bits per heavy atom. The number of piperazine rings is 1. The molecule has 156 valence electrons. The minimum absolute atomic E-state index is 0.0792. The Labute approximate surface area is 176 Å². The second kappa shape index (κ2) is 8.10. The molecule has 0 radical (unpaired) electrons. The van der Waals surface area contributed by atoms with Crippen LogP contribution in [-0.2, 0) is 0 Å². The zero-order valence-electron chi connectivity index (χ0n) is 17.5. The van der Waals surface area contributed by atoms with Crippen molar-refractivity contribution in [3.8, 4) is 11.5 Å². The molecule has 1 fully saturated rings. The number of aryl methyl sites for hydroxylation is 1. The van der Waals surface area contributed by atoms with E-state index < -0.39 is 0 Å². The highest BCUT2D eigenvalue weighted by Gasteiger charge is 2.24. The molecule has 1 aromatic heterocycles. The first-order valence-corrected chi connectivity index (χ1v) is 9.94. The van der Waals surface area contributed by atoms with Crippen LogP contribution in [0, 0.1) is 6.92 Å². The van der Waals surface area contributed by atoms with E-state index in [1.165, 1.54) is 0 Å². The number of hydrogen-bond donors (Lipinski definition) is 1. The Hall–Kier alpha value is -3.48. The van der Waals surface area contributed by atoms with E-state index in [4.69, 9.17) is 20.2 Å². The molecule has 0 saturated carbocycles. The first-order chi connectivity index (χ1) is 14.5. The second-order valence-corrected chi connectivity index (χ2v) is 7.39. The van der Waals surface area contributed by atoms with Crippen molar-refractivity contribution in [1.29, 1.82) is 0 Å². The van der Waals surface area contributed by atoms with E-state index in [9.17, 15) is 4.79 Å². The van der Waals surface area contributed by atoms with Crippen molar-refractivity contribution in [3.05, 3.63) is 53.6 Å². The first kappa shape index (κ1) is 19.8. The summed E-state index contributed by atoms with van der Waals surface area (Å²) in [7, 11) is 3.20. The minimum atomic E-state index is 0.0792. The molecule has 4 rings (SSSR count). The number of nitrogens with zero attached hydrogens (tertiary/aromatic N) is 3. The van der Waals surface area contributed by atoms with Crippen LogP contribution in [-0.4, -0.2) is 56.2 Å². The molecule has 1 aliphatic heterocycles. The van der Waals surface area contributed by atoms with Gasteiger partial charge in [0, 0.05) is 54.9 Å². The van der Waals surface area contributed by atoms with Gasteiger partial charge in [0.25, 0.3) is 5.91 Å². The van der Waals surface area contributed by atoms with Crippen LogP contribution < -0.4 is 20.1 Å². The van der Waals surface area contributed by atoms with Gasteiger partial charge in [-0.05, 0) is 24.6 Å². The normalized spacial score (nSPS) is 14.1. The summed E-state index contributed by atoms with van der Waals surface area (Å²) in [5.74, 6) is 2.11. The average molecular weight is 406 g/mol. The number of ether oxygens (including phenoxy) is 2. The smallest absolute Gasteiger partial charge is 0.254 e. The Morgan fingerprint density at radius 3 is 2.33 bits per heavy atom. The third kappa shape index (κ3) is 3.58. The van der Waals surface area contributed by atoms with Gasteiger partial charge in [-0.1, -0.05) is 18.2 Å². The summed E-state index contributed by atoms with van der Waals surface area (Å²) in [4.78, 5) is 21.7. The molecule has 2 heterocycles. The van der Waals surface area contributed by atoms with Gasteiger partial charge in [0.15, 0.2) is 11.5 Å². The molecular formula is C23H26N4O3. The fourth-order valence-corrected chi connectivity index (χ4v) is 3.85. The monoisotopic (exact) mass is 406 g/mol. The number of anilines is 2. The van der Waals surface area contributed by atoms with Crippen LogP contribution in [0.1, 0.15) is 15.9 Å². The van der Waals surface area contributed by atoms with Crippen molar-refractivity contribution in [2.45, 2.75) is 6.92 Å². The standard InChI is InChI=1S/C23H26N4O3/c1-15-6-4-5-7-16(15)23(28)27-10-8-26(9-11-27)22-13-18(24)17-12-20(29-2)21(30-3)14-19(17)25-22/h4-7,12-14H,8-11H2,1-3H3,(H2,24,25). The average Bonchev–Trinajstić information content (AvgIpc) is 2.78. The lowest BCUT2D eigenvalue weighted by Crippen LogP contribution is -2.49. The van der Waals surface area contributed by atoms with Gasteiger partial charge in [0.2, 0.25) is 0 Å². The molecule has 0 atom stereocenters. The van der Waals surface area contributed by atoms with Gasteiger partial charge in [-0.2, -0.15) is 0 Å². The molecule has 7 nitrogen and oxygen atoms in total. The summed E-state index contributed by atoms with van der Waals surface area (Å²) in [6.07, 6.45) is 0. The minimum Gasteiger partial charge on any atom is -0.493 e. The van der Waals surface area contributed by atoms with Crippen LogP contribution in [0.25, 0.3) is 10.9 Å². The van der Waals surface area contributed by atoms with E-state index in [-0.39, 0.29) is 5.91 Å². The van der Waals surface area contributed by atoms with Crippen molar-refractivity contribution in [2.24, 2.45) is 0 Å². The number of fused-ring (bicyclic) bond motifs is 1. The molecule has 3 aromatic rings. The van der Waals surface area contributed by atoms with Gasteiger partial charge >= 0.3 is 0 Å². The maximum Gasteiger partial charge on any atom is 0.254 e. The lowest BCUT2D eigenvalue weighted by atomic mass is 10.1. The number of aromatic nitrogens is 1. The highest BCUT2D eigenvalue weighted by Crippen LogP contribution is 2.35. The Morgan fingerprint density at radius 1 is 1.00 bits per heavy atom. The van der Waals surface area contributed by atoms with Crippen molar-refractivity contribution < 1.29 is 14.3 Å². The highest BCUT2D eigenvalue weighted by molar-refractivity contribution is 5.96.